The Kier molecular flexibility index (Phi) is 2.72. The Hall–Kier alpha value is -0.580. The molecule has 1 heterocycles. The third kappa shape index (κ3) is 3.21. The van der Waals surface area contributed by atoms with E-state index in [1.807, 2.05) is 0 Å². The number of alkyl halides is 3. The number of Topliss-reactive ketones (excluding diaryl/α,β-unsaturated/α-hetero) is 1. The number of rotatable bonds is 1. The summed E-state index contributed by atoms with van der Waals surface area (Å²) in [5.41, 5.74) is 0. The van der Waals surface area contributed by atoms with Crippen LogP contribution in [0, 0.1) is 0 Å². The molecule has 70 valence electrons. The summed E-state index contributed by atoms with van der Waals surface area (Å²) in [5, 5.41) is 0. The predicted octanol–water partition coefficient (Wildman–Crippen LogP) is 1.69. The Labute approximate surface area is 67.7 Å². The maximum absolute atomic E-state index is 11.8. The van der Waals surface area contributed by atoms with E-state index in [2.05, 4.69) is 0 Å². The van der Waals surface area contributed by atoms with Gasteiger partial charge in [-0.2, -0.15) is 13.2 Å². The van der Waals surface area contributed by atoms with Crippen LogP contribution in [0.1, 0.15) is 19.3 Å². The summed E-state index contributed by atoms with van der Waals surface area (Å²) in [6.07, 6.45) is -6.05. The van der Waals surface area contributed by atoms with Crippen molar-refractivity contribution in [1.82, 2.24) is 0 Å². The Balaban J connectivity index is 2.37. The molecule has 0 aromatic heterocycles. The largest absolute Gasteiger partial charge is 0.391 e. The van der Waals surface area contributed by atoms with Gasteiger partial charge in [0.1, 0.15) is 5.78 Å². The molecule has 0 aromatic rings. The number of ketones is 1. The zero-order valence-corrected chi connectivity index (χ0v) is 6.36. The number of halogens is 3. The molecule has 1 saturated heterocycles. The molecule has 0 aliphatic carbocycles. The summed E-state index contributed by atoms with van der Waals surface area (Å²) in [6, 6.07) is 0. The summed E-state index contributed by atoms with van der Waals surface area (Å²) in [7, 11) is 0. The van der Waals surface area contributed by atoms with Crippen LogP contribution in [-0.2, 0) is 9.53 Å². The second kappa shape index (κ2) is 3.43. The molecule has 1 fully saturated rings. The van der Waals surface area contributed by atoms with Crippen molar-refractivity contribution in [3.05, 3.63) is 0 Å². The van der Waals surface area contributed by atoms with Gasteiger partial charge in [0.2, 0.25) is 0 Å². The molecule has 1 rings (SSSR count). The fourth-order valence-electron chi connectivity index (χ4n) is 1.14. The van der Waals surface area contributed by atoms with Gasteiger partial charge in [-0.3, -0.25) is 4.79 Å². The molecular formula is C7H9F3O2. The molecule has 2 nitrogen and oxygen atoms in total. The van der Waals surface area contributed by atoms with Gasteiger partial charge in [0.05, 0.1) is 19.1 Å². The van der Waals surface area contributed by atoms with Crippen molar-refractivity contribution >= 4 is 5.78 Å². The average molecular weight is 182 g/mol. The molecule has 1 aliphatic heterocycles. The molecule has 1 aliphatic rings. The molecule has 0 aromatic carbocycles. The van der Waals surface area contributed by atoms with Crippen LogP contribution in [0.2, 0.25) is 0 Å². The van der Waals surface area contributed by atoms with Gasteiger partial charge in [0.25, 0.3) is 0 Å². The third-order valence-corrected chi connectivity index (χ3v) is 1.65. The minimum absolute atomic E-state index is 0.0977. The summed E-state index contributed by atoms with van der Waals surface area (Å²) in [4.78, 5) is 10.7. The quantitative estimate of drug-likeness (QED) is 0.616. The van der Waals surface area contributed by atoms with E-state index >= 15 is 0 Å². The lowest BCUT2D eigenvalue weighted by Crippen LogP contribution is -2.30. The molecule has 0 saturated carbocycles. The van der Waals surface area contributed by atoms with E-state index in [1.165, 1.54) is 0 Å². The summed E-state index contributed by atoms with van der Waals surface area (Å²) in [5.74, 6) is -0.143. The number of carbonyl (C=O) groups is 1. The van der Waals surface area contributed by atoms with E-state index in [9.17, 15) is 18.0 Å². The van der Waals surface area contributed by atoms with Crippen molar-refractivity contribution < 1.29 is 22.7 Å². The van der Waals surface area contributed by atoms with Crippen LogP contribution in [0.4, 0.5) is 13.2 Å². The van der Waals surface area contributed by atoms with Crippen molar-refractivity contribution in [3.63, 3.8) is 0 Å². The number of hydrogen-bond donors (Lipinski definition) is 0. The first-order chi connectivity index (χ1) is 5.47. The molecule has 0 unspecified atom stereocenters. The highest BCUT2D eigenvalue weighted by atomic mass is 19.4. The molecular weight excluding hydrogens is 173 g/mol. The Bertz CT molecular complexity index is 176. The maximum atomic E-state index is 11.8. The van der Waals surface area contributed by atoms with Gasteiger partial charge in [0.15, 0.2) is 0 Å². The van der Waals surface area contributed by atoms with E-state index in [-0.39, 0.29) is 25.2 Å². The lowest BCUT2D eigenvalue weighted by atomic mass is 10.1. The Morgan fingerprint density at radius 3 is 2.67 bits per heavy atom. The first-order valence-corrected chi connectivity index (χ1v) is 3.67. The first kappa shape index (κ1) is 9.51. The van der Waals surface area contributed by atoms with Gasteiger partial charge in [0, 0.05) is 12.8 Å². The number of carbonyl (C=O) groups excluding carboxylic acids is 1. The van der Waals surface area contributed by atoms with Crippen molar-refractivity contribution in [1.29, 1.82) is 0 Å². The summed E-state index contributed by atoms with van der Waals surface area (Å²) >= 11 is 0. The molecule has 0 spiro atoms. The van der Waals surface area contributed by atoms with Crippen LogP contribution >= 0.6 is 0 Å². The lowest BCUT2D eigenvalue weighted by Gasteiger charge is -2.22. The predicted molar refractivity (Wildman–Crippen MR) is 34.7 cm³/mol. The average Bonchev–Trinajstić information content (AvgIpc) is 1.82. The van der Waals surface area contributed by atoms with Crippen molar-refractivity contribution in [3.8, 4) is 0 Å². The third-order valence-electron chi connectivity index (χ3n) is 1.65. The molecule has 0 radical (unpaired) electrons. The van der Waals surface area contributed by atoms with Crippen molar-refractivity contribution in [2.45, 2.75) is 31.5 Å². The highest BCUT2D eigenvalue weighted by Gasteiger charge is 2.34. The smallest absolute Gasteiger partial charge is 0.377 e. The van der Waals surface area contributed by atoms with Crippen LogP contribution in [0.5, 0.6) is 0 Å². The van der Waals surface area contributed by atoms with Gasteiger partial charge >= 0.3 is 6.18 Å². The second-order valence-electron chi connectivity index (χ2n) is 2.80. The lowest BCUT2D eigenvalue weighted by molar-refractivity contribution is -0.167. The van der Waals surface area contributed by atoms with Gasteiger partial charge in [-0.25, -0.2) is 0 Å². The van der Waals surface area contributed by atoms with E-state index < -0.39 is 18.7 Å². The zero-order valence-electron chi connectivity index (χ0n) is 6.36. The fraction of sp³-hybridized carbons (Fsp3) is 0.857. The molecule has 0 bridgehead atoms. The normalized spacial score (nSPS) is 25.9. The van der Waals surface area contributed by atoms with Crippen LogP contribution in [0.25, 0.3) is 0 Å². The Morgan fingerprint density at radius 2 is 2.17 bits per heavy atom. The minimum Gasteiger partial charge on any atom is -0.377 e. The second-order valence-corrected chi connectivity index (χ2v) is 2.80. The first-order valence-electron chi connectivity index (χ1n) is 3.67. The molecule has 0 N–H and O–H groups in total. The van der Waals surface area contributed by atoms with Gasteiger partial charge in [-0.05, 0) is 0 Å². The molecule has 0 amide bonds. The van der Waals surface area contributed by atoms with Crippen LogP contribution in [0.15, 0.2) is 0 Å². The number of ether oxygens (including phenoxy) is 1. The van der Waals surface area contributed by atoms with Crippen molar-refractivity contribution in [2.24, 2.45) is 0 Å². The van der Waals surface area contributed by atoms with E-state index in [0.717, 1.165) is 0 Å². The summed E-state index contributed by atoms with van der Waals surface area (Å²) < 4.78 is 40.1. The Morgan fingerprint density at radius 1 is 1.50 bits per heavy atom. The van der Waals surface area contributed by atoms with Crippen LogP contribution in [-0.4, -0.2) is 24.7 Å². The topological polar surface area (TPSA) is 26.3 Å². The fourth-order valence-corrected chi connectivity index (χ4v) is 1.14. The van der Waals surface area contributed by atoms with E-state index in [4.69, 9.17) is 4.74 Å². The molecule has 12 heavy (non-hydrogen) atoms. The molecule has 1 atom stereocenters. The minimum atomic E-state index is -4.23. The number of hydrogen-bond acceptors (Lipinski definition) is 2. The van der Waals surface area contributed by atoms with E-state index in [1.54, 1.807) is 0 Å². The van der Waals surface area contributed by atoms with Crippen molar-refractivity contribution in [2.75, 3.05) is 6.61 Å². The van der Waals surface area contributed by atoms with Crippen LogP contribution < -0.4 is 0 Å². The maximum Gasteiger partial charge on any atom is 0.391 e. The van der Waals surface area contributed by atoms with Crippen LogP contribution in [0.3, 0.4) is 0 Å². The van der Waals surface area contributed by atoms with Gasteiger partial charge in [-0.1, -0.05) is 0 Å². The standard InChI is InChI=1S/C7H9F3O2/c8-7(9,10)4-6-3-5(11)1-2-12-6/h6H,1-4H2/t6-/m0/s1. The zero-order chi connectivity index (χ0) is 9.19. The highest BCUT2D eigenvalue weighted by molar-refractivity contribution is 5.79. The van der Waals surface area contributed by atoms with Gasteiger partial charge < -0.3 is 4.74 Å². The highest BCUT2D eigenvalue weighted by Crippen LogP contribution is 2.26. The summed E-state index contributed by atoms with van der Waals surface area (Å²) in [6.45, 7) is 0.125. The van der Waals surface area contributed by atoms with Gasteiger partial charge in [-0.15, -0.1) is 0 Å². The molecule has 5 heteroatoms. The SMILES string of the molecule is O=C1CCO[C@H](CC(F)(F)F)C1. The monoisotopic (exact) mass is 182 g/mol. The van der Waals surface area contributed by atoms with E-state index in [0.29, 0.717) is 0 Å².